The van der Waals surface area contributed by atoms with E-state index >= 15 is 0 Å². The van der Waals surface area contributed by atoms with Crippen LogP contribution >= 0.6 is 0 Å². The fourth-order valence-corrected chi connectivity index (χ4v) is 0.249. The topological polar surface area (TPSA) is 74.6 Å². The maximum absolute atomic E-state index is 9.75. The van der Waals surface area contributed by atoms with Crippen molar-refractivity contribution in [3.05, 3.63) is 24.3 Å². The van der Waals surface area contributed by atoms with Crippen molar-refractivity contribution in [2.24, 2.45) is 0 Å². The molecule has 64 valence electrons. The molecule has 0 unspecified atom stereocenters. The second-order valence-corrected chi connectivity index (χ2v) is 1.33. The predicted molar refractivity (Wildman–Crippen MR) is 47.4 cm³/mol. The molecule has 12 heavy (non-hydrogen) atoms. The van der Waals surface area contributed by atoms with E-state index in [1.807, 2.05) is 6.92 Å². The van der Waals surface area contributed by atoms with Crippen LogP contribution < -0.4 is 0 Å². The molecule has 0 fully saturated rings. The van der Waals surface area contributed by atoms with E-state index in [1.165, 1.54) is 6.08 Å². The number of hydrogen-bond acceptors (Lipinski definition) is 2. The summed E-state index contributed by atoms with van der Waals surface area (Å²) in [4.78, 5) is 18.1. The Bertz CT molecular complexity index is 163. The van der Waals surface area contributed by atoms with Crippen molar-refractivity contribution in [2.45, 2.75) is 6.92 Å². The second kappa shape index (κ2) is 17.2. The Balaban J connectivity index is -0.000000177. The molecule has 0 aliphatic rings. The van der Waals surface area contributed by atoms with Gasteiger partial charge in [-0.25, -0.2) is 4.79 Å². The van der Waals surface area contributed by atoms with Crippen LogP contribution in [0.3, 0.4) is 0 Å². The van der Waals surface area contributed by atoms with E-state index in [2.05, 4.69) is 0 Å². The van der Waals surface area contributed by atoms with Crippen molar-refractivity contribution in [3.8, 4) is 0 Å². The summed E-state index contributed by atoms with van der Waals surface area (Å²) in [6, 6.07) is 0. The quantitative estimate of drug-likeness (QED) is 0.289. The van der Waals surface area contributed by atoms with Gasteiger partial charge in [-0.3, -0.25) is 4.79 Å². The maximum atomic E-state index is 9.75. The van der Waals surface area contributed by atoms with Gasteiger partial charge >= 0.3 is 57.4 Å². The number of allylic oxidation sites excluding steroid dienone is 3. The Morgan fingerprint density at radius 1 is 1.33 bits per heavy atom. The van der Waals surface area contributed by atoms with Crippen LogP contribution in [0.1, 0.15) is 6.92 Å². The summed E-state index contributed by atoms with van der Waals surface area (Å²) in [6.07, 6.45) is 5.98. The molecule has 0 aromatic heterocycles. The molecular weight excluding hydrogens is 187 g/mol. The molecule has 0 heterocycles. The first kappa shape index (κ1) is 18.0. The van der Waals surface area contributed by atoms with Gasteiger partial charge in [0.15, 0.2) is 0 Å². The molecule has 0 aromatic carbocycles. The fourth-order valence-electron chi connectivity index (χ4n) is 0.249. The third kappa shape index (κ3) is 32.3. The zero-order chi connectivity index (χ0) is 9.11. The molecule has 0 aliphatic heterocycles. The van der Waals surface area contributed by atoms with Crippen molar-refractivity contribution in [2.75, 3.05) is 0 Å². The van der Waals surface area contributed by atoms with E-state index in [9.17, 15) is 4.79 Å². The molecule has 0 aromatic rings. The Morgan fingerprint density at radius 3 is 2.00 bits per heavy atom. The van der Waals surface area contributed by atoms with E-state index in [4.69, 9.17) is 15.0 Å². The van der Waals surface area contributed by atoms with Gasteiger partial charge in [0.05, 0.1) is 0 Å². The van der Waals surface area contributed by atoms with E-state index < -0.39 is 5.97 Å². The molecule has 0 atom stereocenters. The minimum atomic E-state index is -0.914. The van der Waals surface area contributed by atoms with Gasteiger partial charge in [-0.2, -0.15) is 0 Å². The van der Waals surface area contributed by atoms with Crippen LogP contribution in [0.5, 0.6) is 0 Å². The van der Waals surface area contributed by atoms with E-state index in [0.29, 0.717) is 0 Å². The van der Waals surface area contributed by atoms with Crippen LogP contribution in [-0.2, 0) is 9.59 Å². The van der Waals surface area contributed by atoms with Gasteiger partial charge in [0.2, 0.25) is 0 Å². The van der Waals surface area contributed by atoms with Crippen LogP contribution in [0, 0.1) is 0 Å². The Hall–Kier alpha value is 0.0564. The molecule has 0 amide bonds. The molecule has 0 rings (SSSR count). The molecule has 0 bridgehead atoms. The summed E-state index contributed by atoms with van der Waals surface area (Å²) < 4.78 is 0. The molecular formula is C7H11KO4. The Kier molecular flexibility index (Phi) is 25.8. The molecule has 2 N–H and O–H groups in total. The molecule has 4 nitrogen and oxygen atoms in total. The molecule has 0 saturated carbocycles. The van der Waals surface area contributed by atoms with Crippen molar-refractivity contribution in [1.29, 1.82) is 0 Å². The number of aliphatic carboxylic acids is 1. The van der Waals surface area contributed by atoms with Crippen molar-refractivity contribution in [3.63, 3.8) is 0 Å². The standard InChI is InChI=1S/C6H8O2.CH2O2.K.H/c1-2-3-4-5-6(7)8;2-1-3;;/h2-5H,1H3,(H,7,8);1H,(H,2,3);;/b3-2+,5-4+;;;. The predicted octanol–water partition coefficient (Wildman–Crippen LogP) is 0.256. The van der Waals surface area contributed by atoms with Gasteiger partial charge in [-0.1, -0.05) is 18.2 Å². The molecule has 0 radical (unpaired) electrons. The zero-order valence-corrected chi connectivity index (χ0v) is 6.10. The summed E-state index contributed by atoms with van der Waals surface area (Å²) in [5.41, 5.74) is 0. The van der Waals surface area contributed by atoms with Gasteiger partial charge in [-0.15, -0.1) is 0 Å². The van der Waals surface area contributed by atoms with Crippen molar-refractivity contribution < 1.29 is 19.8 Å². The summed E-state index contributed by atoms with van der Waals surface area (Å²) in [5.74, 6) is -0.914. The number of carboxylic acids is 1. The molecule has 0 saturated heterocycles. The van der Waals surface area contributed by atoms with E-state index in [1.54, 1.807) is 12.2 Å². The third-order valence-electron chi connectivity index (χ3n) is 0.542. The van der Waals surface area contributed by atoms with Crippen LogP contribution in [0.2, 0.25) is 0 Å². The van der Waals surface area contributed by atoms with Crippen LogP contribution in [0.4, 0.5) is 0 Å². The third-order valence-corrected chi connectivity index (χ3v) is 0.542. The minimum absolute atomic E-state index is 0. The van der Waals surface area contributed by atoms with Gasteiger partial charge in [0, 0.05) is 6.08 Å². The molecule has 0 aliphatic carbocycles. The summed E-state index contributed by atoms with van der Waals surface area (Å²) >= 11 is 0. The summed E-state index contributed by atoms with van der Waals surface area (Å²) in [5, 5.41) is 14.9. The number of carbonyl (C=O) groups is 2. The Labute approximate surface area is 113 Å². The fraction of sp³-hybridized carbons (Fsp3) is 0.143. The second-order valence-electron chi connectivity index (χ2n) is 1.33. The monoisotopic (exact) mass is 198 g/mol. The average Bonchev–Trinajstić information content (AvgIpc) is 1.89. The summed E-state index contributed by atoms with van der Waals surface area (Å²) in [7, 11) is 0. The van der Waals surface area contributed by atoms with Crippen molar-refractivity contribution in [1.82, 2.24) is 0 Å². The number of hydrogen-bond donors (Lipinski definition) is 2. The van der Waals surface area contributed by atoms with Crippen LogP contribution in [0.15, 0.2) is 24.3 Å². The first-order chi connectivity index (χ1) is 5.18. The van der Waals surface area contributed by atoms with Gasteiger partial charge in [0.25, 0.3) is 6.47 Å². The average molecular weight is 198 g/mol. The summed E-state index contributed by atoms with van der Waals surface area (Å²) in [6.45, 7) is 1.58. The van der Waals surface area contributed by atoms with E-state index in [-0.39, 0.29) is 57.9 Å². The first-order valence-corrected chi connectivity index (χ1v) is 2.79. The van der Waals surface area contributed by atoms with Gasteiger partial charge in [0.1, 0.15) is 0 Å². The van der Waals surface area contributed by atoms with Crippen LogP contribution in [0.25, 0.3) is 0 Å². The van der Waals surface area contributed by atoms with Crippen LogP contribution in [-0.4, -0.2) is 74.0 Å². The van der Waals surface area contributed by atoms with Gasteiger partial charge < -0.3 is 10.2 Å². The molecule has 5 heteroatoms. The SMILES string of the molecule is C/C=C/C=C/C(=O)O.O=CO.[KH]. The Morgan fingerprint density at radius 2 is 1.75 bits per heavy atom. The van der Waals surface area contributed by atoms with Crippen molar-refractivity contribution >= 4 is 63.8 Å². The first-order valence-electron chi connectivity index (χ1n) is 2.79. The normalized spacial score (nSPS) is 8.42. The number of rotatable bonds is 2. The van der Waals surface area contributed by atoms with E-state index in [0.717, 1.165) is 6.08 Å². The van der Waals surface area contributed by atoms with Gasteiger partial charge in [-0.05, 0) is 6.92 Å². The zero-order valence-electron chi connectivity index (χ0n) is 6.10. The number of carboxylic acid groups (broad SMARTS) is 2. The molecule has 0 spiro atoms.